The summed E-state index contributed by atoms with van der Waals surface area (Å²) in [6, 6.07) is 3.74. The lowest BCUT2D eigenvalue weighted by Gasteiger charge is -2.39. The van der Waals surface area contributed by atoms with E-state index in [0.717, 1.165) is 12.8 Å². The second kappa shape index (κ2) is 5.89. The number of fused-ring (bicyclic) bond motifs is 1. The van der Waals surface area contributed by atoms with Gasteiger partial charge in [0.1, 0.15) is 6.10 Å². The van der Waals surface area contributed by atoms with Crippen molar-refractivity contribution in [2.24, 2.45) is 0 Å². The first kappa shape index (κ1) is 13.5. The first-order valence-electron chi connectivity index (χ1n) is 7.25. The summed E-state index contributed by atoms with van der Waals surface area (Å²) in [5.41, 5.74) is 0.646. The number of amides is 1. The van der Waals surface area contributed by atoms with Gasteiger partial charge in [-0.3, -0.25) is 9.78 Å². The van der Waals surface area contributed by atoms with Crippen LogP contribution in [0.15, 0.2) is 24.5 Å². The smallest absolute Gasteiger partial charge is 0.255 e. The van der Waals surface area contributed by atoms with E-state index < -0.39 is 0 Å². The number of carbonyl (C=O) groups excluding carboxylic acids is 1. The predicted molar refractivity (Wildman–Crippen MR) is 73.4 cm³/mol. The van der Waals surface area contributed by atoms with Crippen molar-refractivity contribution in [2.75, 3.05) is 19.8 Å². The van der Waals surface area contributed by atoms with Gasteiger partial charge in [0.15, 0.2) is 0 Å². The Morgan fingerprint density at radius 2 is 2.45 bits per heavy atom. The van der Waals surface area contributed by atoms with Gasteiger partial charge >= 0.3 is 0 Å². The molecule has 3 atom stereocenters. The Balaban J connectivity index is 1.76. The van der Waals surface area contributed by atoms with Gasteiger partial charge in [0, 0.05) is 25.5 Å². The van der Waals surface area contributed by atoms with Crippen LogP contribution in [-0.4, -0.2) is 53.8 Å². The molecule has 5 nitrogen and oxygen atoms in total. The zero-order valence-corrected chi connectivity index (χ0v) is 11.7. The van der Waals surface area contributed by atoms with Crippen molar-refractivity contribution in [3.8, 4) is 0 Å². The summed E-state index contributed by atoms with van der Waals surface area (Å²) in [7, 11) is 0. The topological polar surface area (TPSA) is 51.7 Å². The Morgan fingerprint density at radius 3 is 3.20 bits per heavy atom. The van der Waals surface area contributed by atoms with Gasteiger partial charge in [0.25, 0.3) is 5.91 Å². The number of ether oxygens (including phenoxy) is 2. The molecule has 20 heavy (non-hydrogen) atoms. The SMILES string of the molecule is CCO[C@@H]1CC[C@H]2[C@H]1OCCN2C(=O)c1cccnc1. The fraction of sp³-hybridized carbons (Fsp3) is 0.600. The molecule has 2 aliphatic rings. The van der Waals surface area contributed by atoms with E-state index in [1.807, 2.05) is 17.9 Å². The van der Waals surface area contributed by atoms with Crippen LogP contribution in [0.2, 0.25) is 0 Å². The summed E-state index contributed by atoms with van der Waals surface area (Å²) < 4.78 is 11.6. The van der Waals surface area contributed by atoms with E-state index in [1.165, 1.54) is 0 Å². The standard InChI is InChI=1S/C15H20N2O3/c1-2-19-13-6-5-12-14(13)20-9-8-17(12)15(18)11-4-3-7-16-10-11/h3-4,7,10,12-14H,2,5-6,8-9H2,1H3/t12-,13+,14+/m0/s1. The minimum Gasteiger partial charge on any atom is -0.376 e. The summed E-state index contributed by atoms with van der Waals surface area (Å²) in [6.07, 6.45) is 5.35. The third-order valence-corrected chi connectivity index (χ3v) is 4.09. The van der Waals surface area contributed by atoms with Crippen LogP contribution in [0.25, 0.3) is 0 Å². The maximum atomic E-state index is 12.6. The molecule has 108 valence electrons. The molecule has 1 amide bonds. The van der Waals surface area contributed by atoms with Crippen molar-refractivity contribution in [3.05, 3.63) is 30.1 Å². The van der Waals surface area contributed by atoms with E-state index in [2.05, 4.69) is 4.98 Å². The van der Waals surface area contributed by atoms with E-state index in [1.54, 1.807) is 18.5 Å². The molecule has 0 bridgehead atoms. The fourth-order valence-corrected chi connectivity index (χ4v) is 3.22. The number of nitrogens with zero attached hydrogens (tertiary/aromatic N) is 2. The van der Waals surface area contributed by atoms with Crippen molar-refractivity contribution >= 4 is 5.91 Å². The highest BCUT2D eigenvalue weighted by molar-refractivity contribution is 5.94. The predicted octanol–water partition coefficient (Wildman–Crippen LogP) is 1.49. The van der Waals surface area contributed by atoms with Gasteiger partial charge in [-0.15, -0.1) is 0 Å². The highest BCUT2D eigenvalue weighted by atomic mass is 16.5. The Labute approximate surface area is 118 Å². The van der Waals surface area contributed by atoms with Crippen LogP contribution in [0.4, 0.5) is 0 Å². The van der Waals surface area contributed by atoms with Crippen molar-refractivity contribution in [1.82, 2.24) is 9.88 Å². The molecule has 1 aliphatic heterocycles. The van der Waals surface area contributed by atoms with Crippen LogP contribution < -0.4 is 0 Å². The molecule has 0 radical (unpaired) electrons. The Bertz CT molecular complexity index is 465. The molecule has 1 aliphatic carbocycles. The van der Waals surface area contributed by atoms with Crippen LogP contribution >= 0.6 is 0 Å². The molecule has 0 N–H and O–H groups in total. The molecule has 1 saturated heterocycles. The zero-order chi connectivity index (χ0) is 13.9. The first-order valence-corrected chi connectivity index (χ1v) is 7.25. The monoisotopic (exact) mass is 276 g/mol. The van der Waals surface area contributed by atoms with Crippen molar-refractivity contribution < 1.29 is 14.3 Å². The molecular weight excluding hydrogens is 256 g/mol. The second-order valence-corrected chi connectivity index (χ2v) is 5.21. The van der Waals surface area contributed by atoms with Gasteiger partial charge in [-0.25, -0.2) is 0 Å². The normalized spacial score (nSPS) is 29.2. The molecule has 1 saturated carbocycles. The quantitative estimate of drug-likeness (QED) is 0.839. The maximum Gasteiger partial charge on any atom is 0.255 e. The van der Waals surface area contributed by atoms with Crippen LogP contribution in [0.1, 0.15) is 30.1 Å². The summed E-state index contributed by atoms with van der Waals surface area (Å²) in [5.74, 6) is 0.0496. The number of hydrogen-bond acceptors (Lipinski definition) is 4. The number of morpholine rings is 1. The summed E-state index contributed by atoms with van der Waals surface area (Å²) in [5, 5.41) is 0. The van der Waals surface area contributed by atoms with E-state index in [0.29, 0.717) is 25.3 Å². The lowest BCUT2D eigenvalue weighted by Crippen LogP contribution is -2.53. The second-order valence-electron chi connectivity index (χ2n) is 5.21. The first-order chi connectivity index (χ1) is 9.81. The van der Waals surface area contributed by atoms with Crippen LogP contribution in [0.3, 0.4) is 0 Å². The molecule has 0 spiro atoms. The van der Waals surface area contributed by atoms with Gasteiger partial charge in [0.2, 0.25) is 0 Å². The molecule has 5 heteroatoms. The molecule has 0 aromatic carbocycles. The summed E-state index contributed by atoms with van der Waals surface area (Å²) in [6.45, 7) is 3.91. The highest BCUT2D eigenvalue weighted by Crippen LogP contribution is 2.32. The number of aromatic nitrogens is 1. The Hall–Kier alpha value is -1.46. The van der Waals surface area contributed by atoms with E-state index in [-0.39, 0.29) is 24.2 Å². The van der Waals surface area contributed by atoms with Crippen LogP contribution in [0.5, 0.6) is 0 Å². The average molecular weight is 276 g/mol. The van der Waals surface area contributed by atoms with E-state index in [9.17, 15) is 4.79 Å². The van der Waals surface area contributed by atoms with Crippen LogP contribution in [0, 0.1) is 0 Å². The minimum atomic E-state index is 0.0179. The van der Waals surface area contributed by atoms with Gasteiger partial charge < -0.3 is 14.4 Å². The Morgan fingerprint density at radius 1 is 1.55 bits per heavy atom. The number of pyridine rings is 1. The molecule has 2 fully saturated rings. The van der Waals surface area contributed by atoms with Crippen molar-refractivity contribution in [2.45, 2.75) is 38.0 Å². The lowest BCUT2D eigenvalue weighted by atomic mass is 10.1. The van der Waals surface area contributed by atoms with Crippen LogP contribution in [-0.2, 0) is 9.47 Å². The maximum absolute atomic E-state index is 12.6. The van der Waals surface area contributed by atoms with Gasteiger partial charge in [-0.05, 0) is 31.9 Å². The van der Waals surface area contributed by atoms with Gasteiger partial charge in [0.05, 0.1) is 24.3 Å². The third kappa shape index (κ3) is 2.43. The molecule has 1 aromatic rings. The zero-order valence-electron chi connectivity index (χ0n) is 11.7. The van der Waals surface area contributed by atoms with E-state index >= 15 is 0 Å². The fourth-order valence-electron chi connectivity index (χ4n) is 3.22. The number of rotatable bonds is 3. The summed E-state index contributed by atoms with van der Waals surface area (Å²) in [4.78, 5) is 18.6. The van der Waals surface area contributed by atoms with Crippen molar-refractivity contribution in [3.63, 3.8) is 0 Å². The van der Waals surface area contributed by atoms with Gasteiger partial charge in [-0.1, -0.05) is 0 Å². The lowest BCUT2D eigenvalue weighted by molar-refractivity contribution is -0.102. The third-order valence-electron chi connectivity index (χ3n) is 4.09. The molecular formula is C15H20N2O3. The van der Waals surface area contributed by atoms with Crippen molar-refractivity contribution in [1.29, 1.82) is 0 Å². The molecule has 0 unspecified atom stereocenters. The molecule has 1 aromatic heterocycles. The molecule has 3 rings (SSSR count). The largest absolute Gasteiger partial charge is 0.376 e. The minimum absolute atomic E-state index is 0.0179. The average Bonchev–Trinajstić information content (AvgIpc) is 2.91. The number of hydrogen-bond donors (Lipinski definition) is 0. The Kier molecular flexibility index (Phi) is 3.98. The van der Waals surface area contributed by atoms with E-state index in [4.69, 9.17) is 9.47 Å². The van der Waals surface area contributed by atoms with Gasteiger partial charge in [-0.2, -0.15) is 0 Å². The number of carbonyl (C=O) groups is 1. The molecule has 2 heterocycles. The highest BCUT2D eigenvalue weighted by Gasteiger charge is 2.44. The summed E-state index contributed by atoms with van der Waals surface area (Å²) >= 11 is 0.